The highest BCUT2D eigenvalue weighted by atomic mass is 127. The molecule has 0 aliphatic heterocycles. The lowest BCUT2D eigenvalue weighted by Gasteiger charge is -2.01. The minimum absolute atomic E-state index is 0.0475. The van der Waals surface area contributed by atoms with E-state index in [9.17, 15) is 5.21 Å². The predicted octanol–water partition coefficient (Wildman–Crippen LogP) is 2.13. The summed E-state index contributed by atoms with van der Waals surface area (Å²) in [5, 5.41) is 11.8. The molecule has 0 atom stereocenters. The first kappa shape index (κ1) is 8.96. The Morgan fingerprint density at radius 1 is 1.46 bits per heavy atom. The van der Waals surface area contributed by atoms with Crippen LogP contribution in [0.25, 0.3) is 10.9 Å². The molecule has 0 spiro atoms. The molecular weight excluding hydrogens is 302 g/mol. The molecule has 0 aliphatic rings. The minimum atomic E-state index is -0.0475. The van der Waals surface area contributed by atoms with E-state index in [1.807, 2.05) is 18.2 Å². The smallest absolute Gasteiger partial charge is 0.399 e. The first-order valence-corrected chi connectivity index (χ1v) is 4.97. The fourth-order valence-electron chi connectivity index (χ4n) is 1.06. The Hall–Kier alpha value is -0.620. The summed E-state index contributed by atoms with van der Waals surface area (Å²) < 4.78 is 1.62. The molecule has 1 heterocycles. The third kappa shape index (κ3) is 1.68. The Kier molecular flexibility index (Phi) is 2.25. The fourth-order valence-corrected chi connectivity index (χ4v) is 1.71. The van der Waals surface area contributed by atoms with Crippen LogP contribution in [0.5, 0.6) is 0 Å². The summed E-state index contributed by atoms with van der Waals surface area (Å²) in [6.45, 7) is 0. The van der Waals surface area contributed by atoms with Crippen molar-refractivity contribution in [1.29, 1.82) is 0 Å². The first-order valence-electron chi connectivity index (χ1n) is 3.52. The third-order valence-corrected chi connectivity index (χ3v) is 2.56. The van der Waals surface area contributed by atoms with Crippen molar-refractivity contribution in [2.24, 2.45) is 0 Å². The van der Waals surface area contributed by atoms with Gasteiger partial charge in [-0.05, 0) is 45.8 Å². The molecule has 5 heteroatoms. The maximum absolute atomic E-state index is 11.1. The van der Waals surface area contributed by atoms with Gasteiger partial charge in [-0.15, -0.1) is 0 Å². The zero-order chi connectivity index (χ0) is 9.42. The molecule has 0 saturated carbocycles. The molecule has 0 N–H and O–H groups in total. The van der Waals surface area contributed by atoms with E-state index in [1.54, 1.807) is 0 Å². The van der Waals surface area contributed by atoms with E-state index in [2.05, 4.69) is 27.6 Å². The third-order valence-electron chi connectivity index (χ3n) is 1.64. The number of halogens is 2. The maximum atomic E-state index is 11.1. The van der Waals surface area contributed by atoms with Gasteiger partial charge in [0.15, 0.2) is 5.52 Å². The van der Waals surface area contributed by atoms with Crippen LogP contribution in [0.2, 0.25) is 5.28 Å². The Balaban J connectivity index is 2.81. The fraction of sp³-hybridized carbons (Fsp3) is 0. The van der Waals surface area contributed by atoms with E-state index in [4.69, 9.17) is 11.6 Å². The van der Waals surface area contributed by atoms with E-state index in [0.717, 1.165) is 14.5 Å². The monoisotopic (exact) mass is 306 g/mol. The lowest BCUT2D eigenvalue weighted by Crippen LogP contribution is -2.27. The maximum Gasteiger partial charge on any atom is 0.399 e. The van der Waals surface area contributed by atoms with Crippen LogP contribution in [0.1, 0.15) is 0 Å². The number of hydrogen-bond donors (Lipinski definition) is 0. The summed E-state index contributed by atoms with van der Waals surface area (Å²) in [4.78, 5) is 3.93. The van der Waals surface area contributed by atoms with Gasteiger partial charge in [0, 0.05) is 15.2 Å². The Bertz CT molecular complexity index is 475. The predicted molar refractivity (Wildman–Crippen MR) is 58.4 cm³/mol. The molecule has 0 radical (unpaired) electrons. The quantitative estimate of drug-likeness (QED) is 0.324. The van der Waals surface area contributed by atoms with Gasteiger partial charge in [0.2, 0.25) is 0 Å². The van der Waals surface area contributed by atoms with Crippen molar-refractivity contribution in [3.63, 3.8) is 0 Å². The van der Waals surface area contributed by atoms with Crippen LogP contribution in [-0.4, -0.2) is 4.98 Å². The average molecular weight is 306 g/mol. The zero-order valence-corrected chi connectivity index (χ0v) is 9.28. The highest BCUT2D eigenvalue weighted by molar-refractivity contribution is 14.1. The van der Waals surface area contributed by atoms with Crippen LogP contribution in [-0.2, 0) is 0 Å². The molecule has 0 aliphatic carbocycles. The van der Waals surface area contributed by atoms with E-state index in [1.165, 1.54) is 6.20 Å². The molecule has 1 aromatic heterocycles. The summed E-state index contributed by atoms with van der Waals surface area (Å²) in [5.74, 6) is 0. The summed E-state index contributed by atoms with van der Waals surface area (Å²) in [6, 6.07) is 5.64. The molecule has 0 saturated heterocycles. The van der Waals surface area contributed by atoms with Gasteiger partial charge < -0.3 is 5.21 Å². The lowest BCUT2D eigenvalue weighted by molar-refractivity contribution is -0.604. The van der Waals surface area contributed by atoms with Gasteiger partial charge in [-0.1, -0.05) is 0 Å². The summed E-state index contributed by atoms with van der Waals surface area (Å²) in [6.07, 6.45) is 1.42. The Labute approximate surface area is 93.1 Å². The van der Waals surface area contributed by atoms with Gasteiger partial charge in [-0.25, -0.2) is 4.73 Å². The molecule has 66 valence electrons. The highest BCUT2D eigenvalue weighted by Gasteiger charge is 2.07. The molecule has 0 unspecified atom stereocenters. The van der Waals surface area contributed by atoms with Gasteiger partial charge in [-0.2, -0.15) is 0 Å². The van der Waals surface area contributed by atoms with Crippen LogP contribution in [0.3, 0.4) is 0 Å². The highest BCUT2D eigenvalue weighted by Crippen LogP contribution is 2.15. The molecule has 13 heavy (non-hydrogen) atoms. The van der Waals surface area contributed by atoms with Crippen molar-refractivity contribution < 1.29 is 4.73 Å². The zero-order valence-electron chi connectivity index (χ0n) is 6.37. The second kappa shape index (κ2) is 3.26. The normalized spacial score (nSPS) is 10.6. The van der Waals surface area contributed by atoms with E-state index in [-0.39, 0.29) is 5.28 Å². The molecule has 2 rings (SSSR count). The van der Waals surface area contributed by atoms with Gasteiger partial charge >= 0.3 is 5.28 Å². The molecular formula is C8H4ClIN2O. The number of fused-ring (bicyclic) bond motifs is 1. The van der Waals surface area contributed by atoms with Crippen molar-refractivity contribution in [2.75, 3.05) is 0 Å². The lowest BCUT2D eigenvalue weighted by atomic mass is 10.2. The Morgan fingerprint density at radius 2 is 2.23 bits per heavy atom. The van der Waals surface area contributed by atoms with Gasteiger partial charge in [-0.3, -0.25) is 0 Å². The molecule has 2 aromatic rings. The molecule has 0 fully saturated rings. The summed E-state index contributed by atoms with van der Waals surface area (Å²) in [5.41, 5.74) is 0.734. The van der Waals surface area contributed by atoms with E-state index >= 15 is 0 Å². The largest absolute Gasteiger partial charge is 0.710 e. The first-order chi connectivity index (χ1) is 6.16. The van der Waals surface area contributed by atoms with Gasteiger partial charge in [0.25, 0.3) is 0 Å². The van der Waals surface area contributed by atoms with Crippen molar-refractivity contribution in [1.82, 2.24) is 4.98 Å². The van der Waals surface area contributed by atoms with Gasteiger partial charge in [0.1, 0.15) is 6.20 Å². The van der Waals surface area contributed by atoms with E-state index < -0.39 is 0 Å². The number of aromatic nitrogens is 2. The van der Waals surface area contributed by atoms with Crippen molar-refractivity contribution in [3.05, 3.63) is 38.5 Å². The van der Waals surface area contributed by atoms with Crippen molar-refractivity contribution in [3.8, 4) is 0 Å². The molecule has 3 nitrogen and oxygen atoms in total. The number of hydrogen-bond acceptors (Lipinski definition) is 2. The summed E-state index contributed by atoms with van der Waals surface area (Å²) >= 11 is 7.74. The van der Waals surface area contributed by atoms with Gasteiger partial charge in [0.05, 0.1) is 5.39 Å². The van der Waals surface area contributed by atoms with Crippen LogP contribution in [0.15, 0.2) is 24.4 Å². The van der Waals surface area contributed by atoms with Crippen LogP contribution >= 0.6 is 34.2 Å². The minimum Gasteiger partial charge on any atom is -0.710 e. The van der Waals surface area contributed by atoms with Crippen LogP contribution in [0.4, 0.5) is 0 Å². The second-order valence-electron chi connectivity index (χ2n) is 2.54. The van der Waals surface area contributed by atoms with Crippen molar-refractivity contribution in [2.45, 2.75) is 0 Å². The summed E-state index contributed by atoms with van der Waals surface area (Å²) in [7, 11) is 0. The number of benzene rings is 1. The topological polar surface area (TPSA) is 39.8 Å². The van der Waals surface area contributed by atoms with E-state index in [0.29, 0.717) is 4.73 Å². The molecule has 0 amide bonds. The number of nitrogens with zero attached hydrogens (tertiary/aromatic N) is 2. The molecule has 1 aromatic carbocycles. The SMILES string of the molecule is [O-][n+]1cc2cc(I)ccc2nc1Cl. The van der Waals surface area contributed by atoms with Crippen LogP contribution < -0.4 is 4.73 Å². The second-order valence-corrected chi connectivity index (χ2v) is 4.12. The standard InChI is InChI=1S/C8H4ClIN2O/c9-8-11-7-2-1-6(10)3-5(7)4-12(8)13/h1-4H. The van der Waals surface area contributed by atoms with Crippen LogP contribution in [0, 0.1) is 8.78 Å². The Morgan fingerprint density at radius 3 is 3.00 bits per heavy atom. The average Bonchev–Trinajstić information content (AvgIpc) is 2.08. The molecule has 0 bridgehead atoms. The number of rotatable bonds is 0. The van der Waals surface area contributed by atoms with Crippen molar-refractivity contribution >= 4 is 45.1 Å².